The van der Waals surface area contributed by atoms with Crippen molar-refractivity contribution >= 4 is 24.0 Å². The van der Waals surface area contributed by atoms with Crippen molar-refractivity contribution in [3.63, 3.8) is 0 Å². The number of benzene rings is 2. The molecule has 1 aliphatic heterocycles. The number of guanidine groups is 1. The summed E-state index contributed by atoms with van der Waals surface area (Å²) in [6.45, 7) is 3.55. The van der Waals surface area contributed by atoms with Gasteiger partial charge in [-0.3, -0.25) is 20.3 Å². The molecule has 0 saturated heterocycles. The molecule has 0 bridgehead atoms. The van der Waals surface area contributed by atoms with Crippen molar-refractivity contribution in [3.05, 3.63) is 83.6 Å². The number of carbonyl (C=O) groups excluding carboxylic acids is 2. The molecular weight excluding hydrogens is 390 g/mol. The number of hydrogen-bond donors (Lipinski definition) is 2. The van der Waals surface area contributed by atoms with E-state index in [1.807, 2.05) is 72.6 Å². The second-order valence-corrected chi connectivity index (χ2v) is 7.38. The molecule has 2 N–H and O–H groups in total. The Bertz CT molecular complexity index is 1140. The van der Waals surface area contributed by atoms with E-state index in [0.717, 1.165) is 22.3 Å². The number of amides is 1. The van der Waals surface area contributed by atoms with Crippen molar-refractivity contribution < 1.29 is 9.59 Å². The molecular formula is C24H23N5O2. The molecule has 156 valence electrons. The second kappa shape index (κ2) is 8.79. The first kappa shape index (κ1) is 20.3. The number of hydrogen-bond acceptors (Lipinski definition) is 6. The van der Waals surface area contributed by atoms with Crippen LogP contribution in [0.1, 0.15) is 28.4 Å². The molecule has 0 radical (unpaired) electrons. The van der Waals surface area contributed by atoms with Crippen molar-refractivity contribution in [1.82, 2.24) is 15.7 Å². The number of Topliss-reactive ketones (excluding diaryl/α,β-unsaturated/α-hetero) is 1. The number of pyridine rings is 1. The van der Waals surface area contributed by atoms with Crippen molar-refractivity contribution in [2.24, 2.45) is 4.99 Å². The van der Waals surface area contributed by atoms with E-state index < -0.39 is 0 Å². The van der Waals surface area contributed by atoms with Crippen LogP contribution >= 0.6 is 0 Å². The molecule has 3 aromatic rings. The van der Waals surface area contributed by atoms with Gasteiger partial charge < -0.3 is 0 Å². The van der Waals surface area contributed by atoms with E-state index in [2.05, 4.69) is 20.7 Å². The smallest absolute Gasteiger partial charge is 0.219 e. The molecule has 0 fully saturated rings. The number of hydrazine groups is 1. The molecule has 0 saturated carbocycles. The molecule has 1 unspecified atom stereocenters. The number of ketones is 1. The van der Waals surface area contributed by atoms with E-state index in [0.29, 0.717) is 30.2 Å². The Morgan fingerprint density at radius 1 is 1.16 bits per heavy atom. The van der Waals surface area contributed by atoms with Gasteiger partial charge in [0, 0.05) is 18.2 Å². The molecule has 7 nitrogen and oxygen atoms in total. The van der Waals surface area contributed by atoms with Crippen molar-refractivity contribution in [1.29, 1.82) is 0 Å². The summed E-state index contributed by atoms with van der Waals surface area (Å²) < 4.78 is 0. The van der Waals surface area contributed by atoms with Crippen molar-refractivity contribution in [2.45, 2.75) is 26.4 Å². The Kier molecular flexibility index (Phi) is 5.75. The Morgan fingerprint density at radius 2 is 1.97 bits per heavy atom. The van der Waals surface area contributed by atoms with Crippen molar-refractivity contribution in [2.75, 3.05) is 5.01 Å². The van der Waals surface area contributed by atoms with Crippen LogP contribution in [0, 0.1) is 6.92 Å². The summed E-state index contributed by atoms with van der Waals surface area (Å²) in [5, 5.41) is 4.44. The van der Waals surface area contributed by atoms with Gasteiger partial charge in [0.2, 0.25) is 12.4 Å². The van der Waals surface area contributed by atoms with Gasteiger partial charge in [0.1, 0.15) is 12.0 Å². The zero-order valence-corrected chi connectivity index (χ0v) is 17.4. The van der Waals surface area contributed by atoms with E-state index in [-0.39, 0.29) is 11.9 Å². The van der Waals surface area contributed by atoms with Crippen molar-refractivity contribution in [3.8, 4) is 11.1 Å². The Morgan fingerprint density at radius 3 is 2.68 bits per heavy atom. The number of nitrogens with one attached hydrogen (secondary N) is 2. The maximum absolute atomic E-state index is 11.7. The van der Waals surface area contributed by atoms with Gasteiger partial charge >= 0.3 is 0 Å². The number of aliphatic imine (C=N–C) groups is 1. The normalized spacial score (nSPS) is 15.2. The highest BCUT2D eigenvalue weighted by molar-refractivity contribution is 5.95. The van der Waals surface area contributed by atoms with Crippen LogP contribution in [-0.2, 0) is 11.2 Å². The summed E-state index contributed by atoms with van der Waals surface area (Å²) in [5.41, 5.74) is 7.97. The predicted molar refractivity (Wildman–Crippen MR) is 121 cm³/mol. The summed E-state index contributed by atoms with van der Waals surface area (Å²) in [5.74, 6) is 1.10. The highest BCUT2D eigenvalue weighted by Crippen LogP contribution is 2.28. The SMILES string of the molecule is CC(=O)c1ccc(-c2ccnc(N3NC(NC=O)=NC3Cc3ccccc3)c2)c(C)c1. The van der Waals surface area contributed by atoms with Crippen LogP contribution in [0.4, 0.5) is 5.82 Å². The van der Waals surface area contributed by atoms with Gasteiger partial charge in [-0.2, -0.15) is 0 Å². The Labute approximate surface area is 180 Å². The first-order valence-electron chi connectivity index (χ1n) is 10.0. The van der Waals surface area contributed by atoms with Gasteiger partial charge in [0.25, 0.3) is 0 Å². The minimum absolute atomic E-state index is 0.0439. The summed E-state index contributed by atoms with van der Waals surface area (Å²) in [6, 6.07) is 19.6. The first-order chi connectivity index (χ1) is 15.0. The average molecular weight is 413 g/mol. The lowest BCUT2D eigenvalue weighted by atomic mass is 9.98. The molecule has 1 atom stereocenters. The third kappa shape index (κ3) is 4.45. The second-order valence-electron chi connectivity index (χ2n) is 7.38. The molecule has 7 heteroatoms. The minimum Gasteiger partial charge on any atom is -0.298 e. The van der Waals surface area contributed by atoms with Crippen LogP contribution in [0.5, 0.6) is 0 Å². The highest BCUT2D eigenvalue weighted by atomic mass is 16.1. The first-order valence-corrected chi connectivity index (χ1v) is 10.0. The van der Waals surface area contributed by atoms with Crippen LogP contribution in [0.3, 0.4) is 0 Å². The molecule has 0 aliphatic carbocycles. The van der Waals surface area contributed by atoms with Crippen LogP contribution in [0.15, 0.2) is 71.9 Å². The zero-order valence-electron chi connectivity index (χ0n) is 17.4. The Hall–Kier alpha value is -4.00. The van der Waals surface area contributed by atoms with Crippen LogP contribution in [0.25, 0.3) is 11.1 Å². The summed E-state index contributed by atoms with van der Waals surface area (Å²) in [4.78, 5) is 31.7. The number of aromatic nitrogens is 1. The van der Waals surface area contributed by atoms with E-state index in [1.54, 1.807) is 13.1 Å². The fourth-order valence-electron chi connectivity index (χ4n) is 3.65. The highest BCUT2D eigenvalue weighted by Gasteiger charge is 2.28. The topological polar surface area (TPSA) is 86.7 Å². The largest absolute Gasteiger partial charge is 0.298 e. The monoisotopic (exact) mass is 413 g/mol. The quantitative estimate of drug-likeness (QED) is 0.479. The molecule has 1 aliphatic rings. The molecule has 2 heterocycles. The maximum atomic E-state index is 11.7. The van der Waals surface area contributed by atoms with E-state index in [4.69, 9.17) is 0 Å². The Balaban J connectivity index is 1.65. The number of anilines is 1. The molecule has 0 spiro atoms. The number of rotatable bonds is 6. The van der Waals surface area contributed by atoms with E-state index >= 15 is 0 Å². The molecule has 31 heavy (non-hydrogen) atoms. The predicted octanol–water partition coefficient (Wildman–Crippen LogP) is 3.26. The number of aryl methyl sites for hydroxylation is 1. The van der Waals surface area contributed by atoms with Gasteiger partial charge in [-0.25, -0.2) is 15.0 Å². The van der Waals surface area contributed by atoms with Crippen LogP contribution in [-0.4, -0.2) is 29.3 Å². The third-order valence-electron chi connectivity index (χ3n) is 5.20. The van der Waals surface area contributed by atoms with Gasteiger partial charge in [0.15, 0.2) is 5.78 Å². The van der Waals surface area contributed by atoms with Gasteiger partial charge in [-0.05, 0) is 54.3 Å². The van der Waals surface area contributed by atoms with E-state index in [1.165, 1.54) is 0 Å². The lowest BCUT2D eigenvalue weighted by molar-refractivity contribution is -0.108. The lowest BCUT2D eigenvalue weighted by Crippen LogP contribution is -2.46. The number of nitrogens with zero attached hydrogens (tertiary/aromatic N) is 3. The maximum Gasteiger partial charge on any atom is 0.219 e. The fourth-order valence-corrected chi connectivity index (χ4v) is 3.65. The standard InChI is InChI=1S/C24H23N5O2/c1-16-12-19(17(2)31)8-9-21(16)20-10-11-25-22(14-20)29-23(27-24(28-29)26-15-30)13-18-6-4-3-5-7-18/h3-12,14-15,23H,13H2,1-2H3,(H2,26,27,28,30). The van der Waals surface area contributed by atoms with Gasteiger partial charge in [0.05, 0.1) is 0 Å². The third-order valence-corrected chi connectivity index (χ3v) is 5.20. The summed E-state index contributed by atoms with van der Waals surface area (Å²) in [6.07, 6.45) is 2.72. The van der Waals surface area contributed by atoms with Crippen LogP contribution in [0.2, 0.25) is 0 Å². The zero-order chi connectivity index (χ0) is 21.8. The average Bonchev–Trinajstić information content (AvgIpc) is 3.17. The van der Waals surface area contributed by atoms with E-state index in [9.17, 15) is 9.59 Å². The number of carbonyl (C=O) groups is 2. The molecule has 1 aromatic heterocycles. The molecule has 2 aromatic carbocycles. The molecule has 1 amide bonds. The molecule has 4 rings (SSSR count). The minimum atomic E-state index is -0.270. The fraction of sp³-hybridized carbons (Fsp3) is 0.167. The van der Waals surface area contributed by atoms with Gasteiger partial charge in [-0.15, -0.1) is 0 Å². The van der Waals surface area contributed by atoms with Gasteiger partial charge in [-0.1, -0.05) is 42.5 Å². The lowest BCUT2D eigenvalue weighted by Gasteiger charge is -2.24. The summed E-state index contributed by atoms with van der Waals surface area (Å²) >= 11 is 0. The summed E-state index contributed by atoms with van der Waals surface area (Å²) in [7, 11) is 0. The van der Waals surface area contributed by atoms with Crippen LogP contribution < -0.4 is 15.8 Å².